The van der Waals surface area contributed by atoms with Crippen molar-refractivity contribution >= 4 is 53.4 Å². The van der Waals surface area contributed by atoms with Crippen molar-refractivity contribution in [2.45, 2.75) is 0 Å². The Morgan fingerprint density at radius 2 is 1.06 bits per heavy atom. The molecule has 0 aliphatic heterocycles. The van der Waals surface area contributed by atoms with E-state index in [1.807, 2.05) is 36.4 Å². The highest BCUT2D eigenvalue weighted by Gasteiger charge is 2.15. The van der Waals surface area contributed by atoms with E-state index in [9.17, 15) is 11.0 Å². The normalized spacial score (nSPS) is 15.8. The third kappa shape index (κ3) is 4.87. The second-order valence-electron chi connectivity index (χ2n) is 11.2. The number of aromatic nitrogens is 3. The average molecular weight is 673 g/mol. The van der Waals surface area contributed by atoms with Gasteiger partial charge in [0.05, 0.1) is 20.6 Å². The van der Waals surface area contributed by atoms with Gasteiger partial charge < -0.3 is 4.42 Å². The van der Waals surface area contributed by atoms with Crippen LogP contribution in [0.2, 0.25) is 0 Å². The molecule has 4 nitrogen and oxygen atoms in total. The van der Waals surface area contributed by atoms with Gasteiger partial charge >= 0.3 is 0 Å². The van der Waals surface area contributed by atoms with Crippen LogP contribution in [0.1, 0.15) is 20.6 Å². The van der Waals surface area contributed by atoms with Gasteiger partial charge in [-0.2, -0.15) is 0 Å². The maximum absolute atomic E-state index is 9.24. The number of benzene rings is 7. The molecular formula is C45H27N3OS. The lowest BCUT2D eigenvalue weighted by Crippen LogP contribution is -2.00. The third-order valence-corrected chi connectivity index (χ3v) is 9.34. The number of thiophene rings is 1. The van der Waals surface area contributed by atoms with Crippen molar-refractivity contribution in [3.05, 3.63) is 163 Å². The van der Waals surface area contributed by atoms with Gasteiger partial charge in [0, 0.05) is 47.6 Å². The molecule has 0 radical (unpaired) electrons. The predicted octanol–water partition coefficient (Wildman–Crippen LogP) is 12.5. The number of furan rings is 1. The van der Waals surface area contributed by atoms with Crippen LogP contribution in [0.3, 0.4) is 0 Å². The van der Waals surface area contributed by atoms with E-state index in [0.717, 1.165) is 22.1 Å². The molecule has 0 amide bonds. The number of rotatable bonds is 5. The summed E-state index contributed by atoms with van der Waals surface area (Å²) in [6.45, 7) is 0. The van der Waals surface area contributed by atoms with Crippen molar-refractivity contribution in [2.75, 3.05) is 0 Å². The van der Waals surface area contributed by atoms with E-state index in [0.29, 0.717) is 22.3 Å². The van der Waals surface area contributed by atoms with Crippen LogP contribution >= 0.6 is 11.3 Å². The maximum atomic E-state index is 9.24. The Morgan fingerprint density at radius 1 is 0.440 bits per heavy atom. The van der Waals surface area contributed by atoms with Crippen LogP contribution in [0.5, 0.6) is 0 Å². The minimum absolute atomic E-state index is 0.00909. The summed E-state index contributed by atoms with van der Waals surface area (Å²) in [5, 5.41) is 1.57. The zero-order chi connectivity index (χ0) is 46.1. The predicted molar refractivity (Wildman–Crippen MR) is 207 cm³/mol. The fourth-order valence-electron chi connectivity index (χ4n) is 5.81. The molecule has 50 heavy (non-hydrogen) atoms. The molecule has 0 atom stereocenters. The highest BCUT2D eigenvalue weighted by atomic mass is 32.1. The zero-order valence-corrected chi connectivity index (χ0v) is 26.4. The van der Waals surface area contributed by atoms with Gasteiger partial charge in [0.25, 0.3) is 0 Å². The van der Waals surface area contributed by atoms with E-state index >= 15 is 0 Å². The fourth-order valence-corrected chi connectivity index (χ4v) is 6.89. The molecule has 0 aliphatic rings. The number of hydrogen-bond acceptors (Lipinski definition) is 5. The molecular weight excluding hydrogens is 631 g/mol. The minimum Gasteiger partial charge on any atom is -0.456 e. The van der Waals surface area contributed by atoms with Crippen LogP contribution < -0.4 is 0 Å². The molecule has 10 aromatic rings. The van der Waals surface area contributed by atoms with Crippen molar-refractivity contribution in [3.8, 4) is 56.4 Å². The van der Waals surface area contributed by atoms with Gasteiger partial charge in [-0.3, -0.25) is 0 Å². The summed E-state index contributed by atoms with van der Waals surface area (Å²) >= 11 is 0.768. The van der Waals surface area contributed by atoms with Crippen molar-refractivity contribution < 1.29 is 25.0 Å². The van der Waals surface area contributed by atoms with Crippen LogP contribution in [0.25, 0.3) is 98.5 Å². The molecule has 10 rings (SSSR count). The van der Waals surface area contributed by atoms with E-state index in [1.165, 1.54) is 0 Å². The minimum atomic E-state index is -0.788. The van der Waals surface area contributed by atoms with E-state index in [-0.39, 0.29) is 48.8 Å². The first kappa shape index (κ1) is 17.3. The molecule has 0 unspecified atom stereocenters. The van der Waals surface area contributed by atoms with E-state index in [2.05, 4.69) is 9.97 Å². The number of para-hydroxylation sites is 1. The lowest BCUT2D eigenvalue weighted by Gasteiger charge is -2.10. The summed E-state index contributed by atoms with van der Waals surface area (Å²) in [5.41, 5.74) is 0.0825. The topological polar surface area (TPSA) is 51.8 Å². The van der Waals surface area contributed by atoms with Gasteiger partial charge in [-0.1, -0.05) is 139 Å². The molecule has 234 valence electrons. The van der Waals surface area contributed by atoms with Gasteiger partial charge in [0.1, 0.15) is 11.2 Å². The summed E-state index contributed by atoms with van der Waals surface area (Å²) in [7, 11) is 0. The number of hydrogen-bond donors (Lipinski definition) is 0. The summed E-state index contributed by atoms with van der Waals surface area (Å²) in [6, 6.07) is 12.2. The van der Waals surface area contributed by atoms with Crippen molar-refractivity contribution in [1.29, 1.82) is 0 Å². The van der Waals surface area contributed by atoms with Crippen LogP contribution in [0.15, 0.2) is 168 Å². The second-order valence-corrected chi connectivity index (χ2v) is 12.3. The van der Waals surface area contributed by atoms with Gasteiger partial charge in [0.15, 0.2) is 17.5 Å². The molecule has 3 aromatic heterocycles. The van der Waals surface area contributed by atoms with Crippen LogP contribution in [-0.2, 0) is 0 Å². The summed E-state index contributed by atoms with van der Waals surface area (Å²) in [4.78, 5) is 14.0. The summed E-state index contributed by atoms with van der Waals surface area (Å²) in [6.07, 6.45) is 0. The fraction of sp³-hybridized carbons (Fsp3) is 0. The monoisotopic (exact) mass is 672 g/mol. The van der Waals surface area contributed by atoms with Gasteiger partial charge in [-0.25, -0.2) is 15.0 Å². The molecule has 3 heterocycles. The Morgan fingerprint density at radius 3 is 1.86 bits per heavy atom. The highest BCUT2D eigenvalue weighted by molar-refractivity contribution is 7.26. The lowest BCUT2D eigenvalue weighted by molar-refractivity contribution is 0.669. The van der Waals surface area contributed by atoms with Crippen LogP contribution in [-0.4, -0.2) is 15.0 Å². The second kappa shape index (κ2) is 11.6. The summed E-state index contributed by atoms with van der Waals surface area (Å²) < 4.78 is 140. The van der Waals surface area contributed by atoms with Crippen molar-refractivity contribution in [1.82, 2.24) is 15.0 Å². The third-order valence-electron chi connectivity index (χ3n) is 8.21. The first-order valence-corrected chi connectivity index (χ1v) is 16.2. The van der Waals surface area contributed by atoms with Crippen LogP contribution in [0, 0.1) is 0 Å². The average Bonchev–Trinajstić information content (AvgIpc) is 3.90. The SMILES string of the molecule is [2H]c1c([2H])c(-c2c([2H])c([2H])c(-c3c([2H])c([2H])c([2H])c4c3sc3c([2H])c([2H])c([2H])c([2H])c34)c([2H])c2[2H])c([2H])c([2H])c1-c1nc(-c2ccccc2)nc(-c2ccc3c(c2)oc2ccccc23)n1. The number of fused-ring (bicyclic) bond motifs is 6. The Kier molecular flexibility index (Phi) is 4.02. The van der Waals surface area contributed by atoms with E-state index < -0.39 is 107 Å². The van der Waals surface area contributed by atoms with Crippen LogP contribution in [0.4, 0.5) is 0 Å². The molecule has 0 saturated carbocycles. The Balaban J connectivity index is 1.17. The van der Waals surface area contributed by atoms with E-state index in [4.69, 9.17) is 19.0 Å². The molecule has 0 spiro atoms. The highest BCUT2D eigenvalue weighted by Crippen LogP contribution is 2.40. The van der Waals surface area contributed by atoms with Gasteiger partial charge in [-0.15, -0.1) is 11.3 Å². The van der Waals surface area contributed by atoms with Crippen molar-refractivity contribution in [2.24, 2.45) is 0 Å². The molecule has 0 fully saturated rings. The molecule has 5 heteroatoms. The number of nitrogens with zero attached hydrogens (tertiary/aromatic N) is 3. The largest absolute Gasteiger partial charge is 0.456 e. The Labute approximate surface area is 313 Å². The molecule has 0 saturated heterocycles. The van der Waals surface area contributed by atoms with Gasteiger partial charge in [-0.05, 0) is 46.5 Å². The molecule has 7 aromatic carbocycles. The summed E-state index contributed by atoms with van der Waals surface area (Å²) in [5.74, 6) is 0.0970. The van der Waals surface area contributed by atoms with E-state index in [1.54, 1.807) is 36.4 Å². The maximum Gasteiger partial charge on any atom is 0.164 e. The molecule has 0 N–H and O–H groups in total. The zero-order valence-electron chi connectivity index (χ0n) is 40.6. The Bertz CT molecular complexity index is 3680. The lowest BCUT2D eigenvalue weighted by atomic mass is 9.98. The first-order chi connectivity index (χ1) is 31.0. The van der Waals surface area contributed by atoms with Crippen molar-refractivity contribution in [3.63, 3.8) is 0 Å². The smallest absolute Gasteiger partial charge is 0.164 e. The van der Waals surface area contributed by atoms with Gasteiger partial charge in [0.2, 0.25) is 0 Å². The molecule has 0 aliphatic carbocycles. The first-order valence-electron chi connectivity index (χ1n) is 22.9. The quantitative estimate of drug-likeness (QED) is 0.183. The molecule has 0 bridgehead atoms. The standard InChI is InChI=1S/C45H27N3OS/c1-2-9-31(10-3-1)43-46-44(48-45(47-43)33-25-26-36-35-11-4-6-15-39(35)49-40(36)27-33)32-23-19-29(20-24-32)28-17-21-30(22-18-28)34-13-8-14-38-37-12-5-7-16-41(37)50-42(34)38/h1-27H/i5D,7D,8D,12D,13D,14D,16D,17D,18D,19D,20D,21D,22D,23D,24D. The Hall–Kier alpha value is -6.43.